The SMILES string of the molecule is COC(C)(OC)N(C)C.Cc1nc2ccc(Br)cn2n1.Nc1ccc(Br)cn1. The van der Waals surface area contributed by atoms with Crippen LogP contribution < -0.4 is 5.73 Å². The summed E-state index contributed by atoms with van der Waals surface area (Å²) in [5, 5.41) is 4.15. The number of aromatic nitrogens is 4. The second kappa shape index (κ2) is 11.4. The van der Waals surface area contributed by atoms with Crippen LogP contribution in [0.25, 0.3) is 5.65 Å². The van der Waals surface area contributed by atoms with Gasteiger partial charge >= 0.3 is 0 Å². The average molecular weight is 518 g/mol. The van der Waals surface area contributed by atoms with E-state index < -0.39 is 5.91 Å². The molecule has 0 radical (unpaired) electrons. The van der Waals surface area contributed by atoms with Crippen LogP contribution in [0, 0.1) is 6.92 Å². The third-order valence-electron chi connectivity index (χ3n) is 3.72. The summed E-state index contributed by atoms with van der Waals surface area (Å²) in [5.41, 5.74) is 6.18. The number of halogens is 2. The number of nitrogens with zero attached hydrogens (tertiary/aromatic N) is 5. The molecule has 0 unspecified atom stereocenters. The van der Waals surface area contributed by atoms with Gasteiger partial charge in [-0.1, -0.05) is 0 Å². The second-order valence-corrected chi connectivity index (χ2v) is 7.74. The number of hydrogen-bond acceptors (Lipinski definition) is 7. The Bertz CT molecular complexity index is 830. The first-order valence-corrected chi connectivity index (χ1v) is 9.83. The smallest absolute Gasteiger partial charge is 0.225 e. The lowest BCUT2D eigenvalue weighted by Gasteiger charge is -2.32. The molecular formula is C18H26Br2N6O2. The summed E-state index contributed by atoms with van der Waals surface area (Å²) in [6, 6.07) is 7.46. The number of anilines is 1. The van der Waals surface area contributed by atoms with Gasteiger partial charge in [-0.25, -0.2) is 14.5 Å². The molecule has 3 rings (SSSR count). The quantitative estimate of drug-likeness (QED) is 0.529. The molecule has 0 atom stereocenters. The van der Waals surface area contributed by atoms with Crippen molar-refractivity contribution < 1.29 is 9.47 Å². The summed E-state index contributed by atoms with van der Waals surface area (Å²) in [6.07, 6.45) is 3.55. The van der Waals surface area contributed by atoms with E-state index in [1.165, 1.54) is 0 Å². The number of hydrogen-bond donors (Lipinski definition) is 1. The van der Waals surface area contributed by atoms with Crippen LogP contribution in [0.1, 0.15) is 12.7 Å². The van der Waals surface area contributed by atoms with Crippen molar-refractivity contribution in [2.45, 2.75) is 19.8 Å². The zero-order valence-corrected chi connectivity index (χ0v) is 20.0. The summed E-state index contributed by atoms with van der Waals surface area (Å²) in [5.74, 6) is 0.760. The van der Waals surface area contributed by atoms with Crippen molar-refractivity contribution >= 4 is 43.3 Å². The summed E-state index contributed by atoms with van der Waals surface area (Å²) < 4.78 is 13.8. The number of nitrogen functional groups attached to an aromatic ring is 1. The molecule has 3 aromatic heterocycles. The maximum atomic E-state index is 5.29. The minimum absolute atomic E-state index is 0.549. The highest BCUT2D eigenvalue weighted by Crippen LogP contribution is 2.11. The van der Waals surface area contributed by atoms with Crippen molar-refractivity contribution in [1.82, 2.24) is 24.5 Å². The molecule has 0 aliphatic carbocycles. The number of nitrogens with two attached hydrogens (primary N) is 1. The van der Waals surface area contributed by atoms with Gasteiger partial charge in [0.2, 0.25) is 5.91 Å². The Kier molecular flexibility index (Phi) is 9.97. The number of methoxy groups -OCH3 is 2. The van der Waals surface area contributed by atoms with E-state index in [0.717, 1.165) is 20.4 Å². The Morgan fingerprint density at radius 1 is 1.07 bits per heavy atom. The number of aryl methyl sites for hydroxylation is 1. The van der Waals surface area contributed by atoms with Gasteiger partial charge in [-0.05, 0) is 77.1 Å². The van der Waals surface area contributed by atoms with E-state index in [1.54, 1.807) is 31.0 Å². The highest BCUT2D eigenvalue weighted by atomic mass is 79.9. The molecule has 0 aliphatic heterocycles. The third kappa shape index (κ3) is 7.80. The molecule has 10 heteroatoms. The van der Waals surface area contributed by atoms with Crippen LogP contribution in [0.5, 0.6) is 0 Å². The van der Waals surface area contributed by atoms with Crippen LogP contribution in [0.15, 0.2) is 45.6 Å². The van der Waals surface area contributed by atoms with Gasteiger partial charge in [-0.15, -0.1) is 0 Å². The van der Waals surface area contributed by atoms with Crippen LogP contribution in [0.4, 0.5) is 5.82 Å². The Morgan fingerprint density at radius 2 is 1.68 bits per heavy atom. The van der Waals surface area contributed by atoms with Crippen molar-refractivity contribution in [3.05, 3.63) is 51.4 Å². The van der Waals surface area contributed by atoms with Gasteiger partial charge in [-0.3, -0.25) is 4.90 Å². The van der Waals surface area contributed by atoms with Gasteiger partial charge in [0.25, 0.3) is 0 Å². The summed E-state index contributed by atoms with van der Waals surface area (Å²) in [4.78, 5) is 9.85. The summed E-state index contributed by atoms with van der Waals surface area (Å²) in [6.45, 7) is 3.73. The molecule has 3 heterocycles. The van der Waals surface area contributed by atoms with Crippen LogP contribution in [-0.4, -0.2) is 58.7 Å². The largest absolute Gasteiger partial charge is 0.384 e. The highest BCUT2D eigenvalue weighted by molar-refractivity contribution is 9.10. The minimum atomic E-state index is -0.583. The Morgan fingerprint density at radius 3 is 2.11 bits per heavy atom. The summed E-state index contributed by atoms with van der Waals surface area (Å²) >= 11 is 6.58. The zero-order chi connectivity index (χ0) is 21.3. The van der Waals surface area contributed by atoms with Crippen LogP contribution >= 0.6 is 31.9 Å². The molecule has 0 aromatic carbocycles. The van der Waals surface area contributed by atoms with E-state index in [1.807, 2.05) is 57.2 Å². The average Bonchev–Trinajstić information content (AvgIpc) is 3.03. The van der Waals surface area contributed by atoms with Crippen molar-refractivity contribution in [1.29, 1.82) is 0 Å². The van der Waals surface area contributed by atoms with Gasteiger partial charge in [0.05, 0.1) is 0 Å². The fourth-order valence-corrected chi connectivity index (χ4v) is 2.37. The van der Waals surface area contributed by atoms with Crippen molar-refractivity contribution in [3.8, 4) is 0 Å². The van der Waals surface area contributed by atoms with Crippen LogP contribution in [0.2, 0.25) is 0 Å². The zero-order valence-electron chi connectivity index (χ0n) is 16.8. The molecule has 0 fully saturated rings. The van der Waals surface area contributed by atoms with Gasteiger partial charge in [0.1, 0.15) is 11.6 Å². The molecule has 28 heavy (non-hydrogen) atoms. The number of pyridine rings is 2. The van der Waals surface area contributed by atoms with Crippen LogP contribution in [-0.2, 0) is 9.47 Å². The first kappa shape index (κ1) is 24.4. The lowest BCUT2D eigenvalue weighted by molar-refractivity contribution is -0.270. The topological polar surface area (TPSA) is 90.8 Å². The fraction of sp³-hybridized carbons (Fsp3) is 0.389. The molecule has 0 saturated heterocycles. The number of ether oxygens (including phenoxy) is 2. The van der Waals surface area contributed by atoms with E-state index in [4.69, 9.17) is 15.2 Å². The molecule has 0 saturated carbocycles. The Hall–Kier alpha value is -1.59. The maximum absolute atomic E-state index is 5.29. The van der Waals surface area contributed by atoms with E-state index in [9.17, 15) is 0 Å². The predicted molar refractivity (Wildman–Crippen MR) is 118 cm³/mol. The molecule has 8 nitrogen and oxygen atoms in total. The minimum Gasteiger partial charge on any atom is -0.384 e. The molecule has 154 valence electrons. The standard InChI is InChI=1S/C7H6BrN3.C6H15NO2.C5H5BrN2/c1-5-9-7-3-2-6(8)4-11(7)10-5;1-6(8-4,9-5)7(2)3;6-4-1-2-5(7)8-3-4/h2-4H,1H3;1-5H3;1-3H,(H2,7,8). The van der Waals surface area contributed by atoms with Crippen molar-refractivity contribution in [2.24, 2.45) is 0 Å². The van der Waals surface area contributed by atoms with E-state index in [2.05, 4.69) is 46.9 Å². The van der Waals surface area contributed by atoms with Gasteiger partial charge in [0.15, 0.2) is 5.65 Å². The van der Waals surface area contributed by atoms with E-state index in [-0.39, 0.29) is 0 Å². The molecule has 0 spiro atoms. The number of fused-ring (bicyclic) bond motifs is 1. The highest BCUT2D eigenvalue weighted by Gasteiger charge is 2.24. The maximum Gasteiger partial charge on any atom is 0.225 e. The second-order valence-electron chi connectivity index (χ2n) is 5.91. The first-order chi connectivity index (χ1) is 13.1. The van der Waals surface area contributed by atoms with Gasteiger partial charge in [-0.2, -0.15) is 5.10 Å². The Balaban J connectivity index is 0.000000214. The van der Waals surface area contributed by atoms with Gasteiger partial charge in [0, 0.05) is 42.5 Å². The monoisotopic (exact) mass is 516 g/mol. The fourth-order valence-electron chi connectivity index (χ4n) is 1.80. The van der Waals surface area contributed by atoms with Gasteiger partial charge < -0.3 is 15.2 Å². The lowest BCUT2D eigenvalue weighted by Crippen LogP contribution is -2.44. The third-order valence-corrected chi connectivity index (χ3v) is 4.66. The Labute approximate surface area is 182 Å². The molecule has 3 aromatic rings. The summed E-state index contributed by atoms with van der Waals surface area (Å²) in [7, 11) is 7.02. The lowest BCUT2D eigenvalue weighted by atomic mass is 10.5. The molecule has 0 amide bonds. The predicted octanol–water partition coefficient (Wildman–Crippen LogP) is 3.74. The number of rotatable bonds is 3. The normalized spacial score (nSPS) is 10.9. The first-order valence-electron chi connectivity index (χ1n) is 8.24. The molecule has 0 bridgehead atoms. The van der Waals surface area contributed by atoms with E-state index in [0.29, 0.717) is 5.82 Å². The molecular weight excluding hydrogens is 492 g/mol. The van der Waals surface area contributed by atoms with Crippen molar-refractivity contribution in [3.63, 3.8) is 0 Å². The molecule has 2 N–H and O–H groups in total. The van der Waals surface area contributed by atoms with E-state index >= 15 is 0 Å². The van der Waals surface area contributed by atoms with Crippen LogP contribution in [0.3, 0.4) is 0 Å². The van der Waals surface area contributed by atoms with Crippen molar-refractivity contribution in [2.75, 3.05) is 34.0 Å². The molecule has 0 aliphatic rings.